The molecule has 4 rings (SSSR count). The predicted molar refractivity (Wildman–Crippen MR) is 228 cm³/mol. The predicted octanol–water partition coefficient (Wildman–Crippen LogP) is 9.54. The molecule has 5 N–H and O–H groups in total. The van der Waals surface area contributed by atoms with Crippen molar-refractivity contribution in [2.24, 2.45) is 0 Å². The maximum absolute atomic E-state index is 13.2. The van der Waals surface area contributed by atoms with Crippen LogP contribution in [-0.2, 0) is 18.3 Å². The number of nitrogens with zero attached hydrogens (tertiary/aromatic N) is 4. The number of fused-ring (bicyclic) bond motifs is 1. The number of benzene rings is 1. The zero-order chi connectivity index (χ0) is 42.7. The number of nitrogens with two attached hydrogens (primary N) is 1. The number of hydrogen-bond donors (Lipinski definition) is 4. The quantitative estimate of drug-likeness (QED) is 0.0365. The van der Waals surface area contributed by atoms with Gasteiger partial charge in [0.2, 0.25) is 0 Å². The fourth-order valence-corrected chi connectivity index (χ4v) is 8.43. The van der Waals surface area contributed by atoms with Crippen molar-refractivity contribution >= 4 is 19.2 Å². The average Bonchev–Trinajstić information content (AvgIpc) is 3.74. The van der Waals surface area contributed by atoms with Gasteiger partial charge in [-0.2, -0.15) is 10.4 Å². The van der Waals surface area contributed by atoms with Gasteiger partial charge in [-0.15, -0.1) is 0 Å². The number of aliphatic hydroxyl groups excluding tert-OH is 2. The minimum atomic E-state index is -4.70. The highest BCUT2D eigenvalue weighted by Crippen LogP contribution is 2.48. The molecule has 1 unspecified atom stereocenters. The molecule has 0 bridgehead atoms. The van der Waals surface area contributed by atoms with Gasteiger partial charge in [0.15, 0.2) is 5.82 Å². The first-order chi connectivity index (χ1) is 28.4. The second kappa shape index (κ2) is 24.8. The second-order valence-electron chi connectivity index (χ2n) is 16.5. The monoisotopic (exact) mass is 843 g/mol. The number of nitriles is 1. The number of ether oxygens (including phenoxy) is 3. The molecule has 0 spiro atoms. The van der Waals surface area contributed by atoms with E-state index in [2.05, 4.69) is 23.1 Å². The van der Waals surface area contributed by atoms with E-state index >= 15 is 0 Å². The zero-order valence-corrected chi connectivity index (χ0v) is 36.7. The van der Waals surface area contributed by atoms with Crippen molar-refractivity contribution in [3.8, 4) is 17.6 Å². The lowest BCUT2D eigenvalue weighted by Crippen LogP contribution is -2.44. The molecule has 3 heterocycles. The van der Waals surface area contributed by atoms with Crippen molar-refractivity contribution in [2.45, 2.75) is 186 Å². The Hall–Kier alpha value is -3.28. The van der Waals surface area contributed by atoms with E-state index in [4.69, 9.17) is 29.0 Å². The first kappa shape index (κ1) is 48.4. The van der Waals surface area contributed by atoms with Gasteiger partial charge in [-0.3, -0.25) is 9.05 Å². The molecule has 1 aliphatic heterocycles. The number of nitrogen functional groups attached to an aromatic ring is 1. The molecule has 59 heavy (non-hydrogen) atoms. The van der Waals surface area contributed by atoms with Crippen molar-refractivity contribution in [3.63, 3.8) is 0 Å². The minimum Gasteiger partial charge on any atom is -0.489 e. The van der Waals surface area contributed by atoms with Crippen molar-refractivity contribution in [2.75, 3.05) is 18.9 Å². The Morgan fingerprint density at radius 1 is 0.898 bits per heavy atom. The van der Waals surface area contributed by atoms with E-state index in [1.165, 1.54) is 108 Å². The van der Waals surface area contributed by atoms with Crippen molar-refractivity contribution in [1.82, 2.24) is 14.6 Å². The molecule has 0 amide bonds. The molecule has 1 saturated heterocycles. The molecule has 6 atom stereocenters. The highest BCUT2D eigenvalue weighted by molar-refractivity contribution is 7.47. The van der Waals surface area contributed by atoms with E-state index in [0.717, 1.165) is 25.7 Å². The maximum atomic E-state index is 13.2. The van der Waals surface area contributed by atoms with Gasteiger partial charge in [-0.05, 0) is 57.9 Å². The van der Waals surface area contributed by atoms with Crippen LogP contribution in [0.15, 0.2) is 36.7 Å². The van der Waals surface area contributed by atoms with Crippen LogP contribution in [0.25, 0.3) is 5.52 Å². The molecule has 14 nitrogen and oxygen atoms in total. The normalized spacial score (nSPS) is 20.8. The van der Waals surface area contributed by atoms with E-state index < -0.39 is 44.4 Å². The van der Waals surface area contributed by atoms with Gasteiger partial charge in [0.1, 0.15) is 59.4 Å². The Morgan fingerprint density at radius 2 is 1.49 bits per heavy atom. The van der Waals surface area contributed by atoms with Crippen LogP contribution in [-0.4, -0.2) is 72.9 Å². The van der Waals surface area contributed by atoms with Crippen LogP contribution in [0.1, 0.15) is 167 Å². The van der Waals surface area contributed by atoms with E-state index in [9.17, 15) is 24.9 Å². The van der Waals surface area contributed by atoms with Crippen LogP contribution in [0.3, 0.4) is 0 Å². The first-order valence-corrected chi connectivity index (χ1v) is 23.5. The van der Waals surface area contributed by atoms with E-state index in [0.29, 0.717) is 34.7 Å². The van der Waals surface area contributed by atoms with E-state index in [1.807, 2.05) is 13.8 Å². The van der Waals surface area contributed by atoms with Crippen LogP contribution < -0.4 is 15.2 Å². The third-order valence-corrected chi connectivity index (χ3v) is 11.9. The average molecular weight is 844 g/mol. The maximum Gasteiger partial charge on any atom is 0.472 e. The molecular formula is C44H70N5O9P. The Bertz CT molecular complexity index is 1770. The minimum absolute atomic E-state index is 0.162. The lowest BCUT2D eigenvalue weighted by molar-refractivity contribution is -0.0999. The summed E-state index contributed by atoms with van der Waals surface area (Å²) in [6.45, 7) is 6.65. The molecular weight excluding hydrogens is 773 g/mol. The Labute approximate surface area is 351 Å². The molecule has 0 radical (unpaired) electrons. The summed E-state index contributed by atoms with van der Waals surface area (Å²) >= 11 is 0. The van der Waals surface area contributed by atoms with Crippen molar-refractivity contribution < 1.29 is 42.9 Å². The fourth-order valence-electron chi connectivity index (χ4n) is 7.59. The molecule has 2 aromatic heterocycles. The molecule has 0 saturated carbocycles. The van der Waals surface area contributed by atoms with Gasteiger partial charge in [0.05, 0.1) is 30.6 Å². The summed E-state index contributed by atoms with van der Waals surface area (Å²) in [7, 11) is -4.70. The number of phosphoric acid groups is 1. The third kappa shape index (κ3) is 15.6. The number of rotatable bonds is 30. The molecule has 1 aromatic carbocycles. The summed E-state index contributed by atoms with van der Waals surface area (Å²) in [6.07, 6.45) is 20.0. The summed E-state index contributed by atoms with van der Waals surface area (Å²) < 4.78 is 43.7. The number of aliphatic hydroxyl groups is 2. The first-order valence-electron chi connectivity index (χ1n) is 22.0. The number of phosphoric ester groups is 1. The number of aromatic nitrogens is 3. The SMILES string of the molecule is CCCCCCCCCCCCCCCCCCCC[C@H](COP(=O)(O)OC[C@@]1(C)O[C@@H](c2ccc3c(N)ncnn23)[C@H](O)[C@@H]1O)Oc1ccc(C#N)c(OC(C)C)c1. The number of hydrogen-bond acceptors (Lipinski definition) is 12. The zero-order valence-electron chi connectivity index (χ0n) is 35.8. The van der Waals surface area contributed by atoms with Crippen LogP contribution in [0.5, 0.6) is 11.5 Å². The molecule has 330 valence electrons. The van der Waals surface area contributed by atoms with Crippen molar-refractivity contribution in [1.29, 1.82) is 5.26 Å². The van der Waals surface area contributed by atoms with Gasteiger partial charge in [-0.1, -0.05) is 116 Å². The number of anilines is 1. The smallest absolute Gasteiger partial charge is 0.472 e. The lowest BCUT2D eigenvalue weighted by Gasteiger charge is -2.28. The second-order valence-corrected chi connectivity index (χ2v) is 18.0. The van der Waals surface area contributed by atoms with Crippen LogP contribution in [0.4, 0.5) is 5.82 Å². The number of unbranched alkanes of at least 4 members (excludes halogenated alkanes) is 17. The Morgan fingerprint density at radius 3 is 2.07 bits per heavy atom. The van der Waals surface area contributed by atoms with Gasteiger partial charge >= 0.3 is 7.82 Å². The van der Waals surface area contributed by atoms with Crippen molar-refractivity contribution in [3.05, 3.63) is 47.9 Å². The van der Waals surface area contributed by atoms with Gasteiger partial charge < -0.3 is 35.1 Å². The molecule has 3 aromatic rings. The Kier molecular flexibility index (Phi) is 20.4. The largest absolute Gasteiger partial charge is 0.489 e. The third-order valence-electron chi connectivity index (χ3n) is 11.0. The summed E-state index contributed by atoms with van der Waals surface area (Å²) in [5, 5.41) is 35.7. The van der Waals surface area contributed by atoms with E-state index in [-0.39, 0.29) is 18.5 Å². The highest BCUT2D eigenvalue weighted by atomic mass is 31.2. The molecule has 1 aliphatic rings. The standard InChI is InChI=1S/C44H70N5O9P/c1-5-6-7-8-9-10-11-12-13-14-15-16-17-18-19-20-21-22-23-36(57-35-25-24-34(29-45)39(28-35)56-33(2)3)30-54-59(52,53)55-31-44(4)42(51)40(50)41(58-44)37-26-27-38-43(46)47-32-48-49(37)38/h24-28,32-33,36,40-42,50-51H,5-23,30-31H2,1-4H3,(H,52,53)(H2,46,47,48)/t36-,40+,41+,42+,44-/m1/s1. The van der Waals surface area contributed by atoms with Gasteiger partial charge in [0, 0.05) is 6.07 Å². The summed E-state index contributed by atoms with van der Waals surface area (Å²) in [5.74, 6) is 1.05. The van der Waals surface area contributed by atoms with Gasteiger partial charge in [-0.25, -0.2) is 14.1 Å². The van der Waals surface area contributed by atoms with Gasteiger partial charge in [0.25, 0.3) is 0 Å². The fraction of sp³-hybridized carbons (Fsp3) is 0.705. The Balaban J connectivity index is 1.23. The molecule has 0 aliphatic carbocycles. The van der Waals surface area contributed by atoms with E-state index in [1.54, 1.807) is 30.3 Å². The topological polar surface area (TPSA) is 204 Å². The summed E-state index contributed by atoms with van der Waals surface area (Å²) in [5.41, 5.74) is 5.66. The lowest BCUT2D eigenvalue weighted by atomic mass is 9.97. The molecule has 15 heteroatoms. The summed E-state index contributed by atoms with van der Waals surface area (Å²) in [6, 6.07) is 10.4. The highest BCUT2D eigenvalue weighted by Gasteiger charge is 2.53. The molecule has 1 fully saturated rings. The summed E-state index contributed by atoms with van der Waals surface area (Å²) in [4.78, 5) is 14.8. The van der Waals surface area contributed by atoms with Crippen LogP contribution in [0, 0.1) is 11.3 Å². The van der Waals surface area contributed by atoms with Crippen LogP contribution in [0.2, 0.25) is 0 Å². The van der Waals surface area contributed by atoms with Crippen LogP contribution >= 0.6 is 7.82 Å².